The molecule has 1 aliphatic heterocycles. The summed E-state index contributed by atoms with van der Waals surface area (Å²) >= 11 is 0. The second-order valence-electron chi connectivity index (χ2n) is 7.29. The number of carbonyl (C=O) groups is 2. The first-order chi connectivity index (χ1) is 15.9. The lowest BCUT2D eigenvalue weighted by Crippen LogP contribution is -2.29. The number of ether oxygens (including phenoxy) is 3. The summed E-state index contributed by atoms with van der Waals surface area (Å²) in [7, 11) is 4.39. The van der Waals surface area contributed by atoms with Crippen LogP contribution in [0.2, 0.25) is 0 Å². The molecule has 3 aromatic rings. The molecule has 1 aliphatic rings. The smallest absolute Gasteiger partial charge is 0.301 e. The number of hydrogen-bond acceptors (Lipinski definition) is 8. The van der Waals surface area contributed by atoms with Gasteiger partial charge in [0.15, 0.2) is 17.3 Å². The van der Waals surface area contributed by atoms with Gasteiger partial charge >= 0.3 is 5.91 Å². The zero-order chi connectivity index (χ0) is 23.7. The van der Waals surface area contributed by atoms with Gasteiger partial charge < -0.3 is 23.8 Å². The summed E-state index contributed by atoms with van der Waals surface area (Å²) in [4.78, 5) is 27.5. The van der Waals surface area contributed by atoms with Crippen LogP contribution in [0.5, 0.6) is 17.2 Å². The van der Waals surface area contributed by atoms with Gasteiger partial charge in [0.1, 0.15) is 11.5 Å². The predicted molar refractivity (Wildman–Crippen MR) is 119 cm³/mol. The largest absolute Gasteiger partial charge is 0.507 e. The Morgan fingerprint density at radius 3 is 2.15 bits per heavy atom. The highest BCUT2D eigenvalue weighted by molar-refractivity contribution is 6.51. The van der Waals surface area contributed by atoms with E-state index < -0.39 is 17.7 Å². The Morgan fingerprint density at radius 1 is 1.00 bits per heavy atom. The van der Waals surface area contributed by atoms with Gasteiger partial charge in [-0.25, -0.2) is 0 Å². The highest BCUT2D eigenvalue weighted by atomic mass is 16.5. The number of aliphatic hydroxyl groups excluding tert-OH is 1. The van der Waals surface area contributed by atoms with Gasteiger partial charge in [-0.3, -0.25) is 14.5 Å². The molecule has 1 saturated heterocycles. The third-order valence-electron chi connectivity index (χ3n) is 5.36. The van der Waals surface area contributed by atoms with Crippen LogP contribution < -0.4 is 19.1 Å². The van der Waals surface area contributed by atoms with Crippen LogP contribution in [0.3, 0.4) is 0 Å². The van der Waals surface area contributed by atoms with E-state index >= 15 is 0 Å². The molecule has 1 atom stereocenters. The van der Waals surface area contributed by atoms with Crippen LogP contribution in [0.25, 0.3) is 5.76 Å². The lowest BCUT2D eigenvalue weighted by Gasteiger charge is -2.24. The molecular formula is C24H22N2O7. The van der Waals surface area contributed by atoms with E-state index in [0.29, 0.717) is 34.1 Å². The van der Waals surface area contributed by atoms with E-state index in [1.165, 1.54) is 26.2 Å². The Morgan fingerprint density at radius 2 is 1.64 bits per heavy atom. The van der Waals surface area contributed by atoms with Crippen LogP contribution in [0.4, 0.5) is 5.82 Å². The number of ketones is 1. The SMILES string of the molecule is COc1cc([C@@H]2/C(=C(\O)c3ccccc3)C(=O)C(=O)N2c2cc(C)on2)cc(OC)c1OC. The summed E-state index contributed by atoms with van der Waals surface area (Å²) in [5.74, 6) is -0.409. The second-order valence-corrected chi connectivity index (χ2v) is 7.29. The third kappa shape index (κ3) is 3.67. The van der Waals surface area contributed by atoms with Crippen LogP contribution in [-0.4, -0.2) is 43.3 Å². The van der Waals surface area contributed by atoms with Gasteiger partial charge in [-0.15, -0.1) is 0 Å². The molecule has 0 aliphatic carbocycles. The summed E-state index contributed by atoms with van der Waals surface area (Å²) in [6.45, 7) is 1.67. The number of Topliss-reactive ketones (excluding diaryl/α,β-unsaturated/α-hetero) is 1. The van der Waals surface area contributed by atoms with Crippen molar-refractivity contribution in [1.82, 2.24) is 5.16 Å². The van der Waals surface area contributed by atoms with Crippen LogP contribution in [-0.2, 0) is 9.59 Å². The molecule has 1 amide bonds. The molecule has 9 heteroatoms. The van der Waals surface area contributed by atoms with Gasteiger partial charge in [0.05, 0.1) is 32.9 Å². The number of anilines is 1. The fourth-order valence-electron chi connectivity index (χ4n) is 3.86. The monoisotopic (exact) mass is 450 g/mol. The average Bonchev–Trinajstić information content (AvgIpc) is 3.38. The molecule has 0 radical (unpaired) electrons. The molecule has 33 heavy (non-hydrogen) atoms. The number of aromatic nitrogens is 1. The van der Waals surface area contributed by atoms with Crippen molar-refractivity contribution in [3.63, 3.8) is 0 Å². The molecule has 0 saturated carbocycles. The van der Waals surface area contributed by atoms with Crippen molar-refractivity contribution < 1.29 is 33.4 Å². The molecule has 0 spiro atoms. The topological polar surface area (TPSA) is 111 Å². The van der Waals surface area contributed by atoms with E-state index in [4.69, 9.17) is 18.7 Å². The van der Waals surface area contributed by atoms with Gasteiger partial charge in [0.25, 0.3) is 5.78 Å². The number of amides is 1. The zero-order valence-corrected chi connectivity index (χ0v) is 18.5. The minimum Gasteiger partial charge on any atom is -0.507 e. The van der Waals surface area contributed by atoms with Crippen molar-refractivity contribution in [3.05, 3.63) is 71.0 Å². The lowest BCUT2D eigenvalue weighted by atomic mass is 9.94. The maximum Gasteiger partial charge on any atom is 0.301 e. The predicted octanol–water partition coefficient (Wildman–Crippen LogP) is 3.64. The van der Waals surface area contributed by atoms with Crippen molar-refractivity contribution in [2.45, 2.75) is 13.0 Å². The first-order valence-corrected chi connectivity index (χ1v) is 10.0. The number of rotatable bonds is 6. The normalized spacial score (nSPS) is 17.3. The molecule has 1 aromatic heterocycles. The highest BCUT2D eigenvalue weighted by Gasteiger charge is 2.48. The standard InChI is InChI=1S/C24H22N2O7/c1-13-10-18(25-33-13)26-20(15-11-16(30-2)23(32-4)17(12-15)31-3)19(22(28)24(26)29)21(27)14-8-6-5-7-9-14/h5-12,20,27H,1-4H3/b21-19+/t20-/m1/s1. The maximum atomic E-state index is 13.2. The van der Waals surface area contributed by atoms with E-state index in [1.54, 1.807) is 55.5 Å². The molecule has 2 aromatic carbocycles. The Balaban J connectivity index is 2.01. The Labute approximate surface area is 189 Å². The molecular weight excluding hydrogens is 428 g/mol. The van der Waals surface area contributed by atoms with Gasteiger partial charge in [0.2, 0.25) is 5.75 Å². The third-order valence-corrected chi connectivity index (χ3v) is 5.36. The van der Waals surface area contributed by atoms with E-state index in [2.05, 4.69) is 5.16 Å². The summed E-state index contributed by atoms with van der Waals surface area (Å²) in [5.41, 5.74) is 0.743. The van der Waals surface area contributed by atoms with Gasteiger partial charge in [0, 0.05) is 11.6 Å². The molecule has 1 fully saturated rings. The molecule has 9 nitrogen and oxygen atoms in total. The Bertz CT molecular complexity index is 1220. The highest BCUT2D eigenvalue weighted by Crippen LogP contribution is 2.46. The summed E-state index contributed by atoms with van der Waals surface area (Å²) < 4.78 is 21.4. The first kappa shape index (κ1) is 21.9. The van der Waals surface area contributed by atoms with Crippen molar-refractivity contribution in [2.75, 3.05) is 26.2 Å². The minimum atomic E-state index is -1.02. The second kappa shape index (κ2) is 8.70. The van der Waals surface area contributed by atoms with Crippen LogP contribution in [0.15, 0.2) is 58.6 Å². The van der Waals surface area contributed by atoms with Gasteiger partial charge in [-0.05, 0) is 24.6 Å². The van der Waals surface area contributed by atoms with Crippen molar-refractivity contribution in [1.29, 1.82) is 0 Å². The number of hydrogen-bond donors (Lipinski definition) is 1. The minimum absolute atomic E-state index is 0.0962. The molecule has 0 unspecified atom stereocenters. The maximum absolute atomic E-state index is 13.2. The summed E-state index contributed by atoms with van der Waals surface area (Å²) in [5, 5.41) is 15.0. The number of aryl methyl sites for hydroxylation is 1. The summed E-state index contributed by atoms with van der Waals surface area (Å²) in [6, 6.07) is 12.3. The van der Waals surface area contributed by atoms with E-state index in [0.717, 1.165) is 0 Å². The van der Waals surface area contributed by atoms with Gasteiger partial charge in [-0.1, -0.05) is 35.5 Å². The van der Waals surface area contributed by atoms with Crippen molar-refractivity contribution in [2.24, 2.45) is 0 Å². The average molecular weight is 450 g/mol. The molecule has 0 bridgehead atoms. The van der Waals surface area contributed by atoms with Crippen LogP contribution in [0.1, 0.15) is 22.9 Å². The number of benzene rings is 2. The van der Waals surface area contributed by atoms with Crippen molar-refractivity contribution in [3.8, 4) is 17.2 Å². The lowest BCUT2D eigenvalue weighted by molar-refractivity contribution is -0.132. The molecule has 170 valence electrons. The first-order valence-electron chi connectivity index (χ1n) is 10.0. The fourth-order valence-corrected chi connectivity index (χ4v) is 3.86. The molecule has 1 N–H and O–H groups in total. The number of nitrogens with zero attached hydrogens (tertiary/aromatic N) is 2. The van der Waals surface area contributed by atoms with E-state index in [9.17, 15) is 14.7 Å². The quantitative estimate of drug-likeness (QED) is 0.344. The van der Waals surface area contributed by atoms with E-state index in [-0.39, 0.29) is 17.2 Å². The number of methoxy groups -OCH3 is 3. The number of aliphatic hydroxyl groups is 1. The van der Waals surface area contributed by atoms with E-state index in [1.807, 2.05) is 0 Å². The fraction of sp³-hybridized carbons (Fsp3) is 0.208. The molecule has 4 rings (SSSR count). The molecule has 2 heterocycles. The Kier molecular flexibility index (Phi) is 5.78. The van der Waals surface area contributed by atoms with Crippen LogP contribution >= 0.6 is 0 Å². The number of carbonyl (C=O) groups excluding carboxylic acids is 2. The van der Waals surface area contributed by atoms with Crippen molar-refractivity contribution >= 4 is 23.3 Å². The Hall–Kier alpha value is -4.27. The summed E-state index contributed by atoms with van der Waals surface area (Å²) in [6.07, 6.45) is 0. The van der Waals surface area contributed by atoms with Crippen LogP contribution in [0, 0.1) is 6.92 Å². The van der Waals surface area contributed by atoms with Gasteiger partial charge in [-0.2, -0.15) is 0 Å². The zero-order valence-electron chi connectivity index (χ0n) is 18.5.